The minimum atomic E-state index is -0.304. The summed E-state index contributed by atoms with van der Waals surface area (Å²) in [7, 11) is 0. The summed E-state index contributed by atoms with van der Waals surface area (Å²) in [6.45, 7) is 1.79. The van der Waals surface area contributed by atoms with Gasteiger partial charge in [-0.2, -0.15) is 0 Å². The van der Waals surface area contributed by atoms with Crippen molar-refractivity contribution in [2.24, 2.45) is 0 Å². The van der Waals surface area contributed by atoms with Gasteiger partial charge in [0.05, 0.1) is 12.2 Å². The molecule has 0 aliphatic rings. The molecule has 0 unspecified atom stereocenters. The zero-order chi connectivity index (χ0) is 13.8. The number of aromatic nitrogens is 1. The van der Waals surface area contributed by atoms with Crippen molar-refractivity contribution in [3.05, 3.63) is 53.3 Å². The van der Waals surface area contributed by atoms with Crippen molar-refractivity contribution in [1.82, 2.24) is 4.98 Å². The van der Waals surface area contributed by atoms with E-state index in [1.165, 1.54) is 6.20 Å². The fourth-order valence-corrected chi connectivity index (χ4v) is 1.66. The minimum absolute atomic E-state index is 0.0247. The number of pyridine rings is 1. The van der Waals surface area contributed by atoms with E-state index in [1.807, 2.05) is 6.92 Å². The first kappa shape index (κ1) is 13.0. The number of nitrogens with two attached hydrogens (primary N) is 1. The van der Waals surface area contributed by atoms with Gasteiger partial charge in [-0.3, -0.25) is 9.78 Å². The smallest absolute Gasteiger partial charge is 0.259 e. The molecular formula is C14H15N3O2. The molecule has 0 fully saturated rings. The molecule has 0 saturated carbocycles. The molecule has 1 aromatic heterocycles. The van der Waals surface area contributed by atoms with Crippen LogP contribution in [0.25, 0.3) is 0 Å². The molecule has 0 spiro atoms. The number of carbonyl (C=O) groups is 1. The van der Waals surface area contributed by atoms with E-state index < -0.39 is 0 Å². The third kappa shape index (κ3) is 3.08. The lowest BCUT2D eigenvalue weighted by Crippen LogP contribution is -2.14. The van der Waals surface area contributed by atoms with Gasteiger partial charge in [-0.05, 0) is 30.7 Å². The number of nitrogens with one attached hydrogen (secondary N) is 1. The van der Waals surface area contributed by atoms with E-state index in [9.17, 15) is 4.79 Å². The summed E-state index contributed by atoms with van der Waals surface area (Å²) in [5, 5.41) is 11.7. The molecule has 2 aromatic rings. The second-order valence-corrected chi connectivity index (χ2v) is 4.22. The summed E-state index contributed by atoms with van der Waals surface area (Å²) in [5.74, 6) is -0.304. The van der Waals surface area contributed by atoms with E-state index in [0.717, 1.165) is 11.3 Å². The fraction of sp³-hybridized carbons (Fsp3) is 0.143. The van der Waals surface area contributed by atoms with Crippen LogP contribution in [0.15, 0.2) is 36.5 Å². The Hall–Kier alpha value is -2.40. The number of nitrogen functional groups attached to an aromatic ring is 1. The Morgan fingerprint density at radius 2 is 2.05 bits per heavy atom. The van der Waals surface area contributed by atoms with Gasteiger partial charge < -0.3 is 16.2 Å². The number of hydrogen-bond donors (Lipinski definition) is 3. The molecule has 4 N–H and O–H groups in total. The first-order valence-electron chi connectivity index (χ1n) is 5.83. The van der Waals surface area contributed by atoms with Gasteiger partial charge in [-0.15, -0.1) is 0 Å². The highest BCUT2D eigenvalue weighted by Gasteiger charge is 2.10. The van der Waals surface area contributed by atoms with Gasteiger partial charge in [0.25, 0.3) is 5.91 Å². The van der Waals surface area contributed by atoms with Crippen molar-refractivity contribution in [3.8, 4) is 0 Å². The molecule has 98 valence electrons. The number of nitrogens with zero attached hydrogens (tertiary/aromatic N) is 1. The Morgan fingerprint density at radius 3 is 2.63 bits per heavy atom. The van der Waals surface area contributed by atoms with Gasteiger partial charge in [0.1, 0.15) is 0 Å². The van der Waals surface area contributed by atoms with Crippen LogP contribution in [0.2, 0.25) is 0 Å². The molecule has 0 aliphatic carbocycles. The molecular weight excluding hydrogens is 242 g/mol. The summed E-state index contributed by atoms with van der Waals surface area (Å²) in [6.07, 6.45) is 1.46. The average molecular weight is 257 g/mol. The number of anilines is 2. The van der Waals surface area contributed by atoms with E-state index in [4.69, 9.17) is 10.8 Å². The van der Waals surface area contributed by atoms with Gasteiger partial charge in [0.15, 0.2) is 0 Å². The van der Waals surface area contributed by atoms with E-state index in [2.05, 4.69) is 10.3 Å². The summed E-state index contributed by atoms with van der Waals surface area (Å²) < 4.78 is 0. The molecule has 19 heavy (non-hydrogen) atoms. The predicted molar refractivity (Wildman–Crippen MR) is 73.7 cm³/mol. The van der Waals surface area contributed by atoms with Gasteiger partial charge >= 0.3 is 0 Å². The highest BCUT2D eigenvalue weighted by atomic mass is 16.3. The van der Waals surface area contributed by atoms with Crippen molar-refractivity contribution >= 4 is 17.3 Å². The largest absolute Gasteiger partial charge is 0.398 e. The van der Waals surface area contributed by atoms with Crippen molar-refractivity contribution in [2.75, 3.05) is 11.1 Å². The molecule has 0 saturated heterocycles. The number of aliphatic hydroxyl groups is 1. The summed E-state index contributed by atoms with van der Waals surface area (Å²) in [5.41, 5.74) is 8.72. The topological polar surface area (TPSA) is 88.2 Å². The predicted octanol–water partition coefficient (Wildman–Crippen LogP) is 1.72. The first-order valence-corrected chi connectivity index (χ1v) is 5.83. The molecule has 2 rings (SSSR count). The molecule has 1 amide bonds. The molecule has 0 radical (unpaired) electrons. The highest BCUT2D eigenvalue weighted by Crippen LogP contribution is 2.15. The van der Waals surface area contributed by atoms with Gasteiger partial charge in [-0.1, -0.05) is 12.1 Å². The monoisotopic (exact) mass is 257 g/mol. The van der Waals surface area contributed by atoms with E-state index >= 15 is 0 Å². The Kier molecular flexibility index (Phi) is 3.77. The molecule has 5 nitrogen and oxygen atoms in total. The average Bonchev–Trinajstić information content (AvgIpc) is 2.39. The van der Waals surface area contributed by atoms with Gasteiger partial charge in [0.2, 0.25) is 0 Å². The van der Waals surface area contributed by atoms with Crippen LogP contribution in [0.1, 0.15) is 21.6 Å². The molecule has 0 bridgehead atoms. The molecule has 5 heteroatoms. The maximum absolute atomic E-state index is 12.0. The summed E-state index contributed by atoms with van der Waals surface area (Å²) in [6, 6.07) is 8.59. The molecule has 1 heterocycles. The lowest BCUT2D eigenvalue weighted by atomic mass is 10.2. The quantitative estimate of drug-likeness (QED) is 0.781. The summed E-state index contributed by atoms with van der Waals surface area (Å²) >= 11 is 0. The van der Waals surface area contributed by atoms with E-state index in [0.29, 0.717) is 16.9 Å². The second kappa shape index (κ2) is 5.49. The van der Waals surface area contributed by atoms with Crippen molar-refractivity contribution < 1.29 is 9.90 Å². The first-order chi connectivity index (χ1) is 9.10. The number of amides is 1. The highest BCUT2D eigenvalue weighted by molar-refractivity contribution is 6.07. The van der Waals surface area contributed by atoms with Crippen LogP contribution in [-0.2, 0) is 6.61 Å². The van der Waals surface area contributed by atoms with Crippen molar-refractivity contribution in [2.45, 2.75) is 13.5 Å². The number of benzene rings is 1. The van der Waals surface area contributed by atoms with Gasteiger partial charge in [0, 0.05) is 23.3 Å². The lowest BCUT2D eigenvalue weighted by molar-refractivity contribution is 0.102. The number of hydrogen-bond acceptors (Lipinski definition) is 4. The lowest BCUT2D eigenvalue weighted by Gasteiger charge is -2.08. The summed E-state index contributed by atoms with van der Waals surface area (Å²) in [4.78, 5) is 16.1. The fourth-order valence-electron chi connectivity index (χ4n) is 1.66. The van der Waals surface area contributed by atoms with Crippen LogP contribution >= 0.6 is 0 Å². The van der Waals surface area contributed by atoms with Crippen molar-refractivity contribution in [1.29, 1.82) is 0 Å². The SMILES string of the molecule is Cc1cc(N)c(C(=O)Nc2ccc(CO)cc2)cn1. The Balaban J connectivity index is 2.15. The van der Waals surface area contributed by atoms with Crippen LogP contribution in [0.3, 0.4) is 0 Å². The van der Waals surface area contributed by atoms with Crippen LogP contribution in [0.5, 0.6) is 0 Å². The number of carbonyl (C=O) groups excluding carboxylic acids is 1. The number of aryl methyl sites for hydroxylation is 1. The van der Waals surface area contributed by atoms with Crippen LogP contribution in [0.4, 0.5) is 11.4 Å². The normalized spacial score (nSPS) is 10.2. The third-order valence-electron chi connectivity index (χ3n) is 2.71. The second-order valence-electron chi connectivity index (χ2n) is 4.22. The standard InChI is InChI=1S/C14H15N3O2/c1-9-6-13(15)12(7-16-9)14(19)17-11-4-2-10(8-18)3-5-11/h2-7,18H,8H2,1H3,(H2,15,16)(H,17,19). The van der Waals surface area contributed by atoms with Crippen LogP contribution < -0.4 is 11.1 Å². The Morgan fingerprint density at radius 1 is 1.37 bits per heavy atom. The Labute approximate surface area is 111 Å². The number of rotatable bonds is 3. The number of aliphatic hydroxyl groups excluding tert-OH is 1. The zero-order valence-electron chi connectivity index (χ0n) is 10.6. The van der Waals surface area contributed by atoms with E-state index in [-0.39, 0.29) is 12.5 Å². The maximum Gasteiger partial charge on any atom is 0.259 e. The van der Waals surface area contributed by atoms with Crippen LogP contribution in [-0.4, -0.2) is 16.0 Å². The molecule has 1 aromatic carbocycles. The van der Waals surface area contributed by atoms with E-state index in [1.54, 1.807) is 30.3 Å². The minimum Gasteiger partial charge on any atom is -0.398 e. The van der Waals surface area contributed by atoms with Gasteiger partial charge in [-0.25, -0.2) is 0 Å². The molecule has 0 aliphatic heterocycles. The Bertz CT molecular complexity index is 594. The van der Waals surface area contributed by atoms with Crippen LogP contribution in [0, 0.1) is 6.92 Å². The van der Waals surface area contributed by atoms with Crippen molar-refractivity contribution in [3.63, 3.8) is 0 Å². The zero-order valence-corrected chi connectivity index (χ0v) is 10.6. The maximum atomic E-state index is 12.0. The molecule has 0 atom stereocenters. The third-order valence-corrected chi connectivity index (χ3v) is 2.71.